The van der Waals surface area contributed by atoms with Crippen molar-refractivity contribution in [3.8, 4) is 0 Å². The highest BCUT2D eigenvalue weighted by Gasteiger charge is 2.26. The molecule has 0 N–H and O–H groups in total. The van der Waals surface area contributed by atoms with Crippen LogP contribution in [0, 0.1) is 12.8 Å². The Hall–Kier alpha value is -1.83. The molecule has 1 saturated heterocycles. The predicted octanol–water partition coefficient (Wildman–Crippen LogP) is 4.11. The standard InChI is InChI=1S/C19H26N2/c1-6-17(11-20-5)18-8-7-15(4)19(10-18)9-16-12-21(13-16)14(2)3/h6-8,10-11,16H,2,9,12-13H2,1,3-5H3/b17-6+,20-11?. The van der Waals surface area contributed by atoms with E-state index in [1.807, 2.05) is 13.3 Å². The Balaban J connectivity index is 2.12. The molecule has 21 heavy (non-hydrogen) atoms. The van der Waals surface area contributed by atoms with Gasteiger partial charge < -0.3 is 4.90 Å². The minimum absolute atomic E-state index is 0.754. The summed E-state index contributed by atoms with van der Waals surface area (Å²) in [6.45, 7) is 12.7. The Morgan fingerprint density at radius 1 is 1.43 bits per heavy atom. The molecule has 0 aliphatic carbocycles. The van der Waals surface area contributed by atoms with Gasteiger partial charge in [-0.2, -0.15) is 0 Å². The first-order valence-corrected chi connectivity index (χ1v) is 7.64. The largest absolute Gasteiger partial charge is 0.375 e. The molecule has 0 radical (unpaired) electrons. The first kappa shape index (κ1) is 15.6. The highest BCUT2D eigenvalue weighted by atomic mass is 15.2. The van der Waals surface area contributed by atoms with E-state index in [1.54, 1.807) is 0 Å². The van der Waals surface area contributed by atoms with Crippen LogP contribution in [-0.4, -0.2) is 31.3 Å². The lowest BCUT2D eigenvalue weighted by atomic mass is 9.88. The summed E-state index contributed by atoms with van der Waals surface area (Å²) in [4.78, 5) is 6.50. The van der Waals surface area contributed by atoms with Gasteiger partial charge in [0.2, 0.25) is 0 Å². The van der Waals surface area contributed by atoms with Crippen LogP contribution in [0.4, 0.5) is 0 Å². The van der Waals surface area contributed by atoms with Crippen molar-refractivity contribution in [3.63, 3.8) is 0 Å². The third kappa shape index (κ3) is 3.63. The summed E-state index contributed by atoms with van der Waals surface area (Å²) in [7, 11) is 1.82. The van der Waals surface area contributed by atoms with Gasteiger partial charge in [0.25, 0.3) is 0 Å². The summed E-state index contributed by atoms with van der Waals surface area (Å²) in [5.74, 6) is 0.754. The molecule has 0 aromatic heterocycles. The lowest BCUT2D eigenvalue weighted by Gasteiger charge is -2.41. The zero-order valence-corrected chi connectivity index (χ0v) is 13.7. The van der Waals surface area contributed by atoms with Gasteiger partial charge >= 0.3 is 0 Å². The smallest absolute Gasteiger partial charge is 0.0284 e. The molecular formula is C19H26N2. The van der Waals surface area contributed by atoms with Crippen LogP contribution in [0.15, 0.2) is 41.5 Å². The molecular weight excluding hydrogens is 256 g/mol. The molecule has 2 rings (SSSR count). The van der Waals surface area contributed by atoms with Crippen molar-refractivity contribution >= 4 is 11.8 Å². The SMILES string of the molecule is C=C(C)N1CC(Cc2cc(/C(C=NC)=C/C)ccc2C)C1. The van der Waals surface area contributed by atoms with E-state index in [2.05, 4.69) is 61.5 Å². The van der Waals surface area contributed by atoms with Crippen LogP contribution in [0.1, 0.15) is 30.5 Å². The van der Waals surface area contributed by atoms with Gasteiger partial charge in [0.05, 0.1) is 0 Å². The second-order valence-corrected chi connectivity index (χ2v) is 5.98. The third-order valence-corrected chi connectivity index (χ3v) is 4.27. The molecule has 112 valence electrons. The lowest BCUT2D eigenvalue weighted by Crippen LogP contribution is -2.46. The minimum Gasteiger partial charge on any atom is -0.375 e. The van der Waals surface area contributed by atoms with E-state index >= 15 is 0 Å². The van der Waals surface area contributed by atoms with Crippen molar-refractivity contribution in [2.75, 3.05) is 20.1 Å². The fraction of sp³-hybridized carbons (Fsp3) is 0.421. The summed E-state index contributed by atoms with van der Waals surface area (Å²) in [5, 5.41) is 0. The molecule has 1 aliphatic rings. The van der Waals surface area contributed by atoms with Gasteiger partial charge in [-0.1, -0.05) is 30.9 Å². The van der Waals surface area contributed by atoms with Crippen molar-refractivity contribution in [3.05, 3.63) is 53.2 Å². The van der Waals surface area contributed by atoms with Crippen molar-refractivity contribution in [1.82, 2.24) is 4.90 Å². The highest BCUT2D eigenvalue weighted by molar-refractivity contribution is 6.09. The number of likely N-dealkylation sites (tertiary alicyclic amines) is 1. The Morgan fingerprint density at radius 2 is 2.14 bits per heavy atom. The first-order valence-electron chi connectivity index (χ1n) is 7.64. The van der Waals surface area contributed by atoms with E-state index in [0.29, 0.717) is 0 Å². The summed E-state index contributed by atoms with van der Waals surface area (Å²) in [5.41, 5.74) is 6.49. The number of allylic oxidation sites excluding steroid dienone is 3. The van der Waals surface area contributed by atoms with E-state index in [0.717, 1.165) is 25.4 Å². The summed E-state index contributed by atoms with van der Waals surface area (Å²) in [6.07, 6.45) is 5.21. The van der Waals surface area contributed by atoms with Gasteiger partial charge in [0, 0.05) is 32.0 Å². The van der Waals surface area contributed by atoms with Crippen LogP contribution >= 0.6 is 0 Å². The molecule has 0 unspecified atom stereocenters. The Bertz CT molecular complexity index is 575. The average molecular weight is 282 g/mol. The average Bonchev–Trinajstić information content (AvgIpc) is 2.41. The molecule has 2 heteroatoms. The minimum atomic E-state index is 0.754. The molecule has 0 bridgehead atoms. The first-order chi connectivity index (χ1) is 10.0. The molecule has 1 aliphatic heterocycles. The Morgan fingerprint density at radius 3 is 2.71 bits per heavy atom. The molecule has 0 atom stereocenters. The van der Waals surface area contributed by atoms with Gasteiger partial charge in [0.1, 0.15) is 0 Å². The van der Waals surface area contributed by atoms with Gasteiger partial charge in [0.15, 0.2) is 0 Å². The number of nitrogens with zero attached hydrogens (tertiary/aromatic N) is 2. The monoisotopic (exact) mass is 282 g/mol. The number of hydrogen-bond donors (Lipinski definition) is 0. The summed E-state index contributed by atoms with van der Waals surface area (Å²) < 4.78 is 0. The highest BCUT2D eigenvalue weighted by Crippen LogP contribution is 2.26. The number of aryl methyl sites for hydroxylation is 1. The van der Waals surface area contributed by atoms with Crippen molar-refractivity contribution in [2.45, 2.75) is 27.2 Å². The topological polar surface area (TPSA) is 15.6 Å². The number of benzene rings is 1. The molecule has 0 amide bonds. The van der Waals surface area contributed by atoms with Crippen LogP contribution in [-0.2, 0) is 6.42 Å². The fourth-order valence-electron chi connectivity index (χ4n) is 2.85. The maximum absolute atomic E-state index is 4.14. The van der Waals surface area contributed by atoms with Crippen molar-refractivity contribution in [1.29, 1.82) is 0 Å². The molecule has 1 fully saturated rings. The van der Waals surface area contributed by atoms with Crippen molar-refractivity contribution < 1.29 is 0 Å². The van der Waals surface area contributed by atoms with Gasteiger partial charge in [-0.3, -0.25) is 4.99 Å². The fourth-order valence-corrected chi connectivity index (χ4v) is 2.85. The second-order valence-electron chi connectivity index (χ2n) is 5.98. The number of aliphatic imine (C=N–C) groups is 1. The van der Waals surface area contributed by atoms with Gasteiger partial charge in [-0.15, -0.1) is 0 Å². The Labute approximate surface area is 128 Å². The molecule has 0 spiro atoms. The van der Waals surface area contributed by atoms with Crippen LogP contribution in [0.5, 0.6) is 0 Å². The molecule has 1 aromatic carbocycles. The zero-order valence-electron chi connectivity index (χ0n) is 13.7. The molecule has 0 saturated carbocycles. The van der Waals surface area contributed by atoms with E-state index in [9.17, 15) is 0 Å². The second kappa shape index (κ2) is 6.75. The van der Waals surface area contributed by atoms with Gasteiger partial charge in [-0.05, 0) is 55.4 Å². The van der Waals surface area contributed by atoms with Crippen LogP contribution in [0.3, 0.4) is 0 Å². The zero-order chi connectivity index (χ0) is 15.4. The summed E-state index contributed by atoms with van der Waals surface area (Å²) >= 11 is 0. The maximum Gasteiger partial charge on any atom is 0.0284 e. The van der Waals surface area contributed by atoms with E-state index in [4.69, 9.17) is 0 Å². The quantitative estimate of drug-likeness (QED) is 0.742. The predicted molar refractivity (Wildman–Crippen MR) is 92.8 cm³/mol. The number of hydrogen-bond acceptors (Lipinski definition) is 2. The van der Waals surface area contributed by atoms with Crippen LogP contribution in [0.25, 0.3) is 5.57 Å². The van der Waals surface area contributed by atoms with Gasteiger partial charge in [-0.25, -0.2) is 0 Å². The summed E-state index contributed by atoms with van der Waals surface area (Å²) in [6, 6.07) is 6.75. The molecule has 2 nitrogen and oxygen atoms in total. The van der Waals surface area contributed by atoms with E-state index in [-0.39, 0.29) is 0 Å². The van der Waals surface area contributed by atoms with E-state index < -0.39 is 0 Å². The van der Waals surface area contributed by atoms with Crippen molar-refractivity contribution in [2.24, 2.45) is 10.9 Å². The molecule has 1 heterocycles. The Kier molecular flexibility index (Phi) is 5.00. The van der Waals surface area contributed by atoms with Crippen LogP contribution in [0.2, 0.25) is 0 Å². The van der Waals surface area contributed by atoms with E-state index in [1.165, 1.54) is 28.0 Å². The maximum atomic E-state index is 4.14. The van der Waals surface area contributed by atoms with Crippen LogP contribution < -0.4 is 0 Å². The normalized spacial score (nSPS) is 16.4. The number of rotatable bonds is 5. The third-order valence-electron chi connectivity index (χ3n) is 4.27. The lowest BCUT2D eigenvalue weighted by molar-refractivity contribution is 0.144. The molecule has 1 aromatic rings.